The lowest BCUT2D eigenvalue weighted by Crippen LogP contribution is -2.13. The standard InChI is InChI=1S/C17H13BrFNO3S/c18-12-6-5-11(13(19)7-12)8-23-17(21)10-22-9-16-20-14-3-1-2-4-15(14)24-16/h1-7H,8-10H2. The van der Waals surface area contributed by atoms with Gasteiger partial charge in [-0.25, -0.2) is 14.2 Å². The number of aromatic nitrogens is 1. The Morgan fingerprint density at radius 3 is 2.83 bits per heavy atom. The zero-order chi connectivity index (χ0) is 16.9. The van der Waals surface area contributed by atoms with Crippen LogP contribution in [0, 0.1) is 5.82 Å². The fourth-order valence-corrected chi connectivity index (χ4v) is 3.28. The van der Waals surface area contributed by atoms with E-state index in [1.54, 1.807) is 12.1 Å². The zero-order valence-electron chi connectivity index (χ0n) is 12.5. The molecule has 3 rings (SSSR count). The monoisotopic (exact) mass is 409 g/mol. The Kier molecular flexibility index (Phi) is 5.55. The molecule has 3 aromatic rings. The lowest BCUT2D eigenvalue weighted by molar-refractivity contribution is -0.150. The molecule has 0 aliphatic carbocycles. The van der Waals surface area contributed by atoms with Crippen molar-refractivity contribution < 1.29 is 18.7 Å². The Morgan fingerprint density at radius 2 is 2.04 bits per heavy atom. The van der Waals surface area contributed by atoms with E-state index in [-0.39, 0.29) is 19.8 Å². The molecule has 0 N–H and O–H groups in total. The van der Waals surface area contributed by atoms with Crippen LogP contribution in [0.2, 0.25) is 0 Å². The molecule has 0 spiro atoms. The van der Waals surface area contributed by atoms with Gasteiger partial charge in [0.15, 0.2) is 0 Å². The minimum absolute atomic E-state index is 0.123. The first-order chi connectivity index (χ1) is 11.6. The molecule has 1 aromatic heterocycles. The van der Waals surface area contributed by atoms with Crippen LogP contribution in [0.15, 0.2) is 46.9 Å². The van der Waals surface area contributed by atoms with Crippen molar-refractivity contribution >= 4 is 43.5 Å². The van der Waals surface area contributed by atoms with Crippen LogP contribution >= 0.6 is 27.3 Å². The predicted molar refractivity (Wildman–Crippen MR) is 93.2 cm³/mol. The summed E-state index contributed by atoms with van der Waals surface area (Å²) in [4.78, 5) is 16.1. The third kappa shape index (κ3) is 4.37. The maximum atomic E-state index is 13.6. The molecule has 0 bridgehead atoms. The van der Waals surface area contributed by atoms with E-state index in [1.807, 2.05) is 24.3 Å². The van der Waals surface area contributed by atoms with Gasteiger partial charge in [0.25, 0.3) is 0 Å². The third-order valence-electron chi connectivity index (χ3n) is 3.19. The van der Waals surface area contributed by atoms with Crippen LogP contribution in [0.3, 0.4) is 0 Å². The second-order valence-corrected chi connectivity index (χ2v) is 7.00. The van der Waals surface area contributed by atoms with Crippen LogP contribution in [0.1, 0.15) is 10.6 Å². The molecule has 4 nitrogen and oxygen atoms in total. The number of para-hydroxylation sites is 1. The highest BCUT2D eigenvalue weighted by atomic mass is 79.9. The molecule has 7 heteroatoms. The number of ether oxygens (including phenoxy) is 2. The van der Waals surface area contributed by atoms with E-state index >= 15 is 0 Å². The van der Waals surface area contributed by atoms with E-state index in [1.165, 1.54) is 17.4 Å². The Labute approximate surface area is 150 Å². The van der Waals surface area contributed by atoms with Gasteiger partial charge in [0.05, 0.1) is 16.8 Å². The topological polar surface area (TPSA) is 48.4 Å². The molecule has 0 saturated carbocycles. The van der Waals surface area contributed by atoms with E-state index in [0.717, 1.165) is 15.2 Å². The van der Waals surface area contributed by atoms with E-state index in [2.05, 4.69) is 20.9 Å². The van der Waals surface area contributed by atoms with Gasteiger partial charge < -0.3 is 9.47 Å². The first-order valence-corrected chi connectivity index (χ1v) is 8.74. The molecule has 0 unspecified atom stereocenters. The van der Waals surface area contributed by atoms with Crippen LogP contribution in [0.4, 0.5) is 4.39 Å². The van der Waals surface area contributed by atoms with Gasteiger partial charge in [-0.2, -0.15) is 0 Å². The highest BCUT2D eigenvalue weighted by Crippen LogP contribution is 2.22. The molecule has 0 saturated heterocycles. The van der Waals surface area contributed by atoms with Crippen molar-refractivity contribution in [1.82, 2.24) is 4.98 Å². The molecule has 0 amide bonds. The third-order valence-corrected chi connectivity index (χ3v) is 4.69. The molecular weight excluding hydrogens is 397 g/mol. The van der Waals surface area contributed by atoms with Gasteiger partial charge in [0.1, 0.15) is 24.0 Å². The normalized spacial score (nSPS) is 10.9. The van der Waals surface area contributed by atoms with Crippen LogP contribution in [-0.4, -0.2) is 17.6 Å². The van der Waals surface area contributed by atoms with Crippen molar-refractivity contribution in [3.05, 3.63) is 63.3 Å². The van der Waals surface area contributed by atoms with Crippen LogP contribution in [-0.2, 0) is 27.5 Å². The van der Waals surface area contributed by atoms with E-state index in [4.69, 9.17) is 9.47 Å². The number of nitrogens with zero attached hydrogens (tertiary/aromatic N) is 1. The van der Waals surface area contributed by atoms with Crippen molar-refractivity contribution in [2.24, 2.45) is 0 Å². The summed E-state index contributed by atoms with van der Waals surface area (Å²) in [5.41, 5.74) is 1.23. The SMILES string of the molecule is O=C(COCc1nc2ccccc2s1)OCc1ccc(Br)cc1F. The van der Waals surface area contributed by atoms with Gasteiger partial charge in [-0.15, -0.1) is 11.3 Å². The number of esters is 1. The zero-order valence-corrected chi connectivity index (χ0v) is 14.9. The number of benzene rings is 2. The van der Waals surface area contributed by atoms with E-state index in [9.17, 15) is 9.18 Å². The van der Waals surface area contributed by atoms with Crippen LogP contribution < -0.4 is 0 Å². The molecular formula is C17H13BrFNO3S. The molecule has 0 radical (unpaired) electrons. The molecule has 0 aliphatic rings. The summed E-state index contributed by atoms with van der Waals surface area (Å²) in [6.07, 6.45) is 0. The average Bonchev–Trinajstić information content (AvgIpc) is 2.96. The molecule has 2 aromatic carbocycles. The Morgan fingerprint density at radius 1 is 1.21 bits per heavy atom. The Hall–Kier alpha value is -1.83. The van der Waals surface area contributed by atoms with Crippen molar-refractivity contribution in [2.45, 2.75) is 13.2 Å². The number of thiazole rings is 1. The fraction of sp³-hybridized carbons (Fsp3) is 0.176. The minimum atomic E-state index is -0.543. The first-order valence-electron chi connectivity index (χ1n) is 7.13. The van der Waals surface area contributed by atoms with Crippen molar-refractivity contribution in [2.75, 3.05) is 6.61 Å². The summed E-state index contributed by atoms with van der Waals surface area (Å²) in [7, 11) is 0. The summed E-state index contributed by atoms with van der Waals surface area (Å²) >= 11 is 4.69. The van der Waals surface area contributed by atoms with Crippen molar-refractivity contribution in [3.63, 3.8) is 0 Å². The lowest BCUT2D eigenvalue weighted by atomic mass is 10.2. The number of hydrogen-bond acceptors (Lipinski definition) is 5. The molecule has 124 valence electrons. The summed E-state index contributed by atoms with van der Waals surface area (Å²) in [5.74, 6) is -0.967. The molecule has 1 heterocycles. The molecule has 0 fully saturated rings. The highest BCUT2D eigenvalue weighted by molar-refractivity contribution is 9.10. The number of rotatable bonds is 6. The smallest absolute Gasteiger partial charge is 0.332 e. The van der Waals surface area contributed by atoms with Crippen LogP contribution in [0.25, 0.3) is 10.2 Å². The molecule has 0 aliphatic heterocycles. The summed E-state index contributed by atoms with van der Waals surface area (Å²) in [6, 6.07) is 12.4. The number of carbonyl (C=O) groups excluding carboxylic acids is 1. The van der Waals surface area contributed by atoms with Gasteiger partial charge >= 0.3 is 5.97 Å². The van der Waals surface area contributed by atoms with Gasteiger partial charge in [0, 0.05) is 10.0 Å². The van der Waals surface area contributed by atoms with Crippen molar-refractivity contribution in [1.29, 1.82) is 0 Å². The van der Waals surface area contributed by atoms with Crippen LogP contribution in [0.5, 0.6) is 0 Å². The number of halogens is 2. The van der Waals surface area contributed by atoms with Gasteiger partial charge in [0.2, 0.25) is 0 Å². The number of fused-ring (bicyclic) bond motifs is 1. The van der Waals surface area contributed by atoms with E-state index < -0.39 is 11.8 Å². The van der Waals surface area contributed by atoms with Gasteiger partial charge in [-0.3, -0.25) is 0 Å². The second-order valence-electron chi connectivity index (χ2n) is 4.96. The second kappa shape index (κ2) is 7.83. The minimum Gasteiger partial charge on any atom is -0.459 e. The average molecular weight is 410 g/mol. The maximum Gasteiger partial charge on any atom is 0.332 e. The highest BCUT2D eigenvalue weighted by Gasteiger charge is 2.09. The quantitative estimate of drug-likeness (QED) is 0.564. The van der Waals surface area contributed by atoms with Gasteiger partial charge in [-0.05, 0) is 24.3 Å². The maximum absolute atomic E-state index is 13.6. The lowest BCUT2D eigenvalue weighted by Gasteiger charge is -2.06. The number of hydrogen-bond donors (Lipinski definition) is 0. The van der Waals surface area contributed by atoms with E-state index in [0.29, 0.717) is 10.0 Å². The van der Waals surface area contributed by atoms with Gasteiger partial charge in [-0.1, -0.05) is 34.1 Å². The summed E-state index contributed by atoms with van der Waals surface area (Å²) < 4.78 is 25.7. The predicted octanol–water partition coefficient (Wildman–Crippen LogP) is 4.46. The first kappa shape index (κ1) is 17.0. The molecule has 0 atom stereocenters. The largest absolute Gasteiger partial charge is 0.459 e. The Balaban J connectivity index is 1.45. The summed E-state index contributed by atoms with van der Waals surface area (Å²) in [6.45, 7) is -0.0857. The Bertz CT molecular complexity index is 835. The number of carbonyl (C=O) groups is 1. The fourth-order valence-electron chi connectivity index (χ4n) is 2.04. The molecule has 24 heavy (non-hydrogen) atoms. The summed E-state index contributed by atoms with van der Waals surface area (Å²) in [5, 5.41) is 0.794. The van der Waals surface area contributed by atoms with Crippen molar-refractivity contribution in [3.8, 4) is 0 Å².